The quantitative estimate of drug-likeness (QED) is 0.663. The van der Waals surface area contributed by atoms with Gasteiger partial charge in [-0.25, -0.2) is 4.68 Å². The summed E-state index contributed by atoms with van der Waals surface area (Å²) in [5, 5.41) is 19.1. The standard InChI is InChI=1S/C15H26N4O2/c1-5-9-18-15(14(19(20)21)12(4)17-18)16-13-8-6-7-10(2)11(13)3/h10-11,13,16H,5-9H2,1-4H3. The summed E-state index contributed by atoms with van der Waals surface area (Å²) in [4.78, 5) is 11.0. The van der Waals surface area contributed by atoms with Crippen LogP contribution in [0.1, 0.15) is 52.1 Å². The third-order valence-electron chi connectivity index (χ3n) is 4.74. The second-order valence-electron chi connectivity index (χ2n) is 6.28. The summed E-state index contributed by atoms with van der Waals surface area (Å²) in [6, 6.07) is 0.291. The lowest BCUT2D eigenvalue weighted by Crippen LogP contribution is -2.35. The Hall–Kier alpha value is -1.59. The van der Waals surface area contributed by atoms with E-state index < -0.39 is 0 Å². The van der Waals surface area contributed by atoms with E-state index in [0.29, 0.717) is 35.9 Å². The normalized spacial score (nSPS) is 25.8. The fraction of sp³-hybridized carbons (Fsp3) is 0.800. The molecular formula is C15H26N4O2. The highest BCUT2D eigenvalue weighted by atomic mass is 16.6. The molecule has 2 rings (SSSR count). The molecule has 21 heavy (non-hydrogen) atoms. The second kappa shape index (κ2) is 6.45. The molecule has 1 aliphatic carbocycles. The maximum Gasteiger partial charge on any atom is 0.333 e. The molecule has 1 fully saturated rings. The van der Waals surface area contributed by atoms with Gasteiger partial charge < -0.3 is 5.32 Å². The summed E-state index contributed by atoms with van der Waals surface area (Å²) in [6.45, 7) is 8.97. The van der Waals surface area contributed by atoms with Gasteiger partial charge in [0.2, 0.25) is 5.82 Å². The van der Waals surface area contributed by atoms with E-state index in [1.165, 1.54) is 12.8 Å². The van der Waals surface area contributed by atoms with E-state index in [9.17, 15) is 10.1 Å². The first-order chi connectivity index (χ1) is 9.95. The van der Waals surface area contributed by atoms with Crippen LogP contribution in [0, 0.1) is 28.9 Å². The minimum atomic E-state index is -0.312. The Labute approximate surface area is 126 Å². The Bertz CT molecular complexity index is 512. The minimum absolute atomic E-state index is 0.133. The van der Waals surface area contributed by atoms with E-state index in [1.54, 1.807) is 11.6 Å². The van der Waals surface area contributed by atoms with Gasteiger partial charge in [0, 0.05) is 12.6 Å². The van der Waals surface area contributed by atoms with E-state index >= 15 is 0 Å². The van der Waals surface area contributed by atoms with Crippen molar-refractivity contribution in [3.8, 4) is 0 Å². The van der Waals surface area contributed by atoms with Crippen molar-refractivity contribution >= 4 is 11.5 Å². The molecule has 0 amide bonds. The molecule has 1 aliphatic rings. The maximum absolute atomic E-state index is 11.4. The molecule has 1 saturated carbocycles. The van der Waals surface area contributed by atoms with Crippen LogP contribution < -0.4 is 5.32 Å². The molecule has 3 unspecified atom stereocenters. The van der Waals surface area contributed by atoms with Crippen molar-refractivity contribution in [2.75, 3.05) is 5.32 Å². The van der Waals surface area contributed by atoms with Crippen LogP contribution in [0.2, 0.25) is 0 Å². The molecule has 0 saturated heterocycles. The first kappa shape index (κ1) is 15.8. The zero-order chi connectivity index (χ0) is 15.6. The molecule has 1 heterocycles. The Morgan fingerprint density at radius 1 is 1.43 bits per heavy atom. The summed E-state index contributed by atoms with van der Waals surface area (Å²) in [5.41, 5.74) is 0.626. The maximum atomic E-state index is 11.4. The van der Waals surface area contributed by atoms with Crippen LogP contribution in [0.15, 0.2) is 0 Å². The molecule has 0 spiro atoms. The molecule has 1 N–H and O–H groups in total. The highest BCUT2D eigenvalue weighted by Gasteiger charge is 2.32. The summed E-state index contributed by atoms with van der Waals surface area (Å²) in [5.74, 6) is 1.76. The molecular weight excluding hydrogens is 268 g/mol. The van der Waals surface area contributed by atoms with Gasteiger partial charge in [0.15, 0.2) is 0 Å². The minimum Gasteiger partial charge on any atom is -0.362 e. The van der Waals surface area contributed by atoms with Crippen LogP contribution in [-0.4, -0.2) is 20.7 Å². The number of hydrogen-bond acceptors (Lipinski definition) is 4. The summed E-state index contributed by atoms with van der Waals surface area (Å²) in [6.07, 6.45) is 4.40. The van der Waals surface area contributed by atoms with Gasteiger partial charge in [-0.15, -0.1) is 0 Å². The number of hydrogen-bond donors (Lipinski definition) is 1. The first-order valence-electron chi connectivity index (χ1n) is 7.94. The molecule has 0 aliphatic heterocycles. The van der Waals surface area contributed by atoms with Crippen LogP contribution in [0.25, 0.3) is 0 Å². The van der Waals surface area contributed by atoms with Gasteiger partial charge >= 0.3 is 5.69 Å². The van der Waals surface area contributed by atoms with Crippen LogP contribution in [-0.2, 0) is 6.54 Å². The molecule has 0 bridgehead atoms. The monoisotopic (exact) mass is 294 g/mol. The van der Waals surface area contributed by atoms with Crippen molar-refractivity contribution in [1.82, 2.24) is 9.78 Å². The fourth-order valence-corrected chi connectivity index (χ4v) is 3.27. The van der Waals surface area contributed by atoms with Gasteiger partial charge in [0.25, 0.3) is 0 Å². The molecule has 3 atom stereocenters. The van der Waals surface area contributed by atoms with Crippen molar-refractivity contribution in [3.63, 3.8) is 0 Å². The largest absolute Gasteiger partial charge is 0.362 e. The average molecular weight is 294 g/mol. The topological polar surface area (TPSA) is 73.0 Å². The highest BCUT2D eigenvalue weighted by Crippen LogP contribution is 2.35. The van der Waals surface area contributed by atoms with E-state index in [1.807, 2.05) is 0 Å². The number of nitrogens with zero attached hydrogens (tertiary/aromatic N) is 3. The second-order valence-corrected chi connectivity index (χ2v) is 6.28. The smallest absolute Gasteiger partial charge is 0.333 e. The van der Waals surface area contributed by atoms with Crippen LogP contribution >= 0.6 is 0 Å². The predicted octanol–water partition coefficient (Wildman–Crippen LogP) is 3.75. The summed E-state index contributed by atoms with van der Waals surface area (Å²) >= 11 is 0. The van der Waals surface area contributed by atoms with Gasteiger partial charge in [-0.1, -0.05) is 33.6 Å². The van der Waals surface area contributed by atoms with Crippen molar-refractivity contribution in [2.24, 2.45) is 11.8 Å². The van der Waals surface area contributed by atoms with Gasteiger partial charge in [-0.2, -0.15) is 5.10 Å². The number of nitro groups is 1. The van der Waals surface area contributed by atoms with Gasteiger partial charge in [-0.05, 0) is 31.6 Å². The van der Waals surface area contributed by atoms with E-state index in [2.05, 4.69) is 31.2 Å². The van der Waals surface area contributed by atoms with Gasteiger partial charge in [0.05, 0.1) is 4.92 Å². The molecule has 118 valence electrons. The number of anilines is 1. The van der Waals surface area contributed by atoms with Crippen molar-refractivity contribution in [1.29, 1.82) is 0 Å². The summed E-state index contributed by atoms with van der Waals surface area (Å²) in [7, 11) is 0. The Morgan fingerprint density at radius 3 is 2.76 bits per heavy atom. The van der Waals surface area contributed by atoms with Crippen LogP contribution in [0.5, 0.6) is 0 Å². The van der Waals surface area contributed by atoms with Crippen LogP contribution in [0.3, 0.4) is 0 Å². The molecule has 1 aromatic heterocycles. The fourth-order valence-electron chi connectivity index (χ4n) is 3.27. The molecule has 6 nitrogen and oxygen atoms in total. The number of aryl methyl sites for hydroxylation is 2. The molecule has 6 heteroatoms. The Morgan fingerprint density at radius 2 is 2.14 bits per heavy atom. The van der Waals surface area contributed by atoms with Gasteiger partial charge in [0.1, 0.15) is 5.69 Å². The van der Waals surface area contributed by atoms with Crippen molar-refractivity contribution in [2.45, 2.75) is 66.0 Å². The highest BCUT2D eigenvalue weighted by molar-refractivity contribution is 5.60. The zero-order valence-electron chi connectivity index (χ0n) is 13.4. The first-order valence-corrected chi connectivity index (χ1v) is 7.94. The van der Waals surface area contributed by atoms with Crippen molar-refractivity contribution < 1.29 is 4.92 Å². The molecule has 1 aromatic rings. The third kappa shape index (κ3) is 3.19. The van der Waals surface area contributed by atoms with Gasteiger partial charge in [-0.3, -0.25) is 10.1 Å². The SMILES string of the molecule is CCCn1nc(C)c([N+](=O)[O-])c1NC1CCCC(C)C1C. The molecule has 0 aromatic carbocycles. The Kier molecular flexibility index (Phi) is 4.85. The number of rotatable bonds is 5. The predicted molar refractivity (Wildman–Crippen MR) is 83.5 cm³/mol. The van der Waals surface area contributed by atoms with E-state index in [0.717, 1.165) is 12.8 Å². The lowest BCUT2D eigenvalue weighted by Gasteiger charge is -2.35. The van der Waals surface area contributed by atoms with Crippen molar-refractivity contribution in [3.05, 3.63) is 15.8 Å². The average Bonchev–Trinajstić information content (AvgIpc) is 2.71. The Balaban J connectivity index is 2.30. The van der Waals surface area contributed by atoms with E-state index in [4.69, 9.17) is 0 Å². The third-order valence-corrected chi connectivity index (χ3v) is 4.74. The lowest BCUT2D eigenvalue weighted by atomic mass is 9.78. The number of aromatic nitrogens is 2. The lowest BCUT2D eigenvalue weighted by molar-refractivity contribution is -0.384. The van der Waals surface area contributed by atoms with E-state index in [-0.39, 0.29) is 10.6 Å². The number of nitrogens with one attached hydrogen (secondary N) is 1. The molecule has 0 radical (unpaired) electrons. The zero-order valence-corrected chi connectivity index (χ0v) is 13.4. The van der Waals surface area contributed by atoms with Crippen LogP contribution in [0.4, 0.5) is 11.5 Å². The summed E-state index contributed by atoms with van der Waals surface area (Å²) < 4.78 is 1.76.